The summed E-state index contributed by atoms with van der Waals surface area (Å²) >= 11 is 0. The Morgan fingerprint density at radius 3 is 2.62 bits per heavy atom. The van der Waals surface area contributed by atoms with Crippen LogP contribution in [0.5, 0.6) is 0 Å². The Morgan fingerprint density at radius 2 is 1.83 bits per heavy atom. The predicted octanol–water partition coefficient (Wildman–Crippen LogP) is 3.37. The van der Waals surface area contributed by atoms with Crippen LogP contribution in [0.3, 0.4) is 0 Å². The molecule has 0 spiro atoms. The van der Waals surface area contributed by atoms with Gasteiger partial charge in [0, 0.05) is 6.04 Å². The van der Waals surface area contributed by atoms with Gasteiger partial charge in [0.15, 0.2) is 6.10 Å². The van der Waals surface area contributed by atoms with Gasteiger partial charge in [0.2, 0.25) is 0 Å². The van der Waals surface area contributed by atoms with E-state index >= 15 is 0 Å². The molecule has 4 heteroatoms. The number of carbonyl (C=O) groups is 2. The number of esters is 1. The Labute approximate surface area is 142 Å². The normalized spacial score (nSPS) is 16.0. The highest BCUT2D eigenvalue weighted by Gasteiger charge is 2.23. The average molecular weight is 325 g/mol. The van der Waals surface area contributed by atoms with Crippen LogP contribution in [0, 0.1) is 0 Å². The predicted molar refractivity (Wildman–Crippen MR) is 93.6 cm³/mol. The third-order valence-corrected chi connectivity index (χ3v) is 4.59. The summed E-state index contributed by atoms with van der Waals surface area (Å²) in [5, 5.41) is 5.10. The first-order valence-corrected chi connectivity index (χ1v) is 8.60. The second-order valence-corrected chi connectivity index (χ2v) is 6.44. The molecular formula is C20H23NO3. The Kier molecular flexibility index (Phi) is 5.14. The van der Waals surface area contributed by atoms with Gasteiger partial charge < -0.3 is 10.1 Å². The fourth-order valence-electron chi connectivity index (χ4n) is 3.28. The molecule has 0 saturated heterocycles. The molecule has 0 bridgehead atoms. The lowest BCUT2D eigenvalue weighted by Crippen LogP contribution is -2.41. The van der Waals surface area contributed by atoms with Gasteiger partial charge in [0.05, 0.1) is 6.42 Å². The van der Waals surface area contributed by atoms with Crippen molar-refractivity contribution in [3.8, 4) is 0 Å². The van der Waals surface area contributed by atoms with E-state index in [1.54, 1.807) is 6.92 Å². The highest BCUT2D eigenvalue weighted by Crippen LogP contribution is 2.20. The summed E-state index contributed by atoms with van der Waals surface area (Å²) in [6.07, 6.45) is 3.75. The summed E-state index contributed by atoms with van der Waals surface area (Å²) in [5.74, 6) is -0.575. The van der Waals surface area contributed by atoms with Crippen molar-refractivity contribution in [2.45, 2.75) is 51.2 Å². The fraction of sp³-hybridized carbons (Fsp3) is 0.400. The van der Waals surface area contributed by atoms with Gasteiger partial charge in [-0.2, -0.15) is 0 Å². The van der Waals surface area contributed by atoms with Gasteiger partial charge in [-0.15, -0.1) is 0 Å². The minimum Gasteiger partial charge on any atom is -0.452 e. The van der Waals surface area contributed by atoms with Crippen LogP contribution in [0.15, 0.2) is 42.5 Å². The van der Waals surface area contributed by atoms with Crippen molar-refractivity contribution < 1.29 is 14.3 Å². The molecule has 1 aliphatic rings. The zero-order valence-electron chi connectivity index (χ0n) is 14.0. The van der Waals surface area contributed by atoms with E-state index < -0.39 is 6.10 Å². The number of nitrogens with one attached hydrogen (secondary N) is 1. The zero-order chi connectivity index (χ0) is 16.9. The Bertz CT molecular complexity index is 729. The van der Waals surface area contributed by atoms with E-state index in [0.29, 0.717) is 0 Å². The van der Waals surface area contributed by atoms with Crippen LogP contribution in [0.25, 0.3) is 10.8 Å². The van der Waals surface area contributed by atoms with Crippen LogP contribution in [0.2, 0.25) is 0 Å². The highest BCUT2D eigenvalue weighted by atomic mass is 16.5. The molecule has 0 radical (unpaired) electrons. The minimum absolute atomic E-state index is 0.169. The quantitative estimate of drug-likeness (QED) is 0.858. The fourth-order valence-corrected chi connectivity index (χ4v) is 3.28. The lowest BCUT2D eigenvalue weighted by atomic mass is 10.0. The Balaban J connectivity index is 1.59. The number of fused-ring (bicyclic) bond motifs is 1. The molecular weight excluding hydrogens is 302 g/mol. The third-order valence-electron chi connectivity index (χ3n) is 4.59. The van der Waals surface area contributed by atoms with E-state index in [1.165, 1.54) is 0 Å². The summed E-state index contributed by atoms with van der Waals surface area (Å²) in [6.45, 7) is 1.63. The van der Waals surface area contributed by atoms with Crippen LogP contribution in [-0.4, -0.2) is 24.0 Å². The van der Waals surface area contributed by atoms with Crippen molar-refractivity contribution in [3.05, 3.63) is 48.0 Å². The van der Waals surface area contributed by atoms with E-state index in [-0.39, 0.29) is 24.3 Å². The Morgan fingerprint density at radius 1 is 1.12 bits per heavy atom. The summed E-state index contributed by atoms with van der Waals surface area (Å²) in [6, 6.07) is 14.0. The van der Waals surface area contributed by atoms with Crippen molar-refractivity contribution in [2.24, 2.45) is 0 Å². The largest absolute Gasteiger partial charge is 0.452 e. The summed E-state index contributed by atoms with van der Waals surface area (Å²) < 4.78 is 5.32. The number of benzene rings is 2. The van der Waals surface area contributed by atoms with Gasteiger partial charge >= 0.3 is 5.97 Å². The van der Waals surface area contributed by atoms with Crippen LogP contribution in [0.4, 0.5) is 0 Å². The van der Waals surface area contributed by atoms with Gasteiger partial charge in [-0.3, -0.25) is 9.59 Å². The molecule has 1 amide bonds. The molecule has 1 N–H and O–H groups in total. The second kappa shape index (κ2) is 7.47. The lowest BCUT2D eigenvalue weighted by molar-refractivity contribution is -0.154. The molecule has 3 rings (SSSR count). The van der Waals surface area contributed by atoms with E-state index in [1.807, 2.05) is 42.5 Å². The van der Waals surface area contributed by atoms with E-state index in [0.717, 1.165) is 42.0 Å². The van der Waals surface area contributed by atoms with E-state index in [2.05, 4.69) is 5.32 Å². The molecule has 1 fully saturated rings. The molecule has 1 atom stereocenters. The monoisotopic (exact) mass is 325 g/mol. The molecule has 2 aromatic rings. The maximum atomic E-state index is 12.2. The minimum atomic E-state index is -0.756. The molecule has 0 aliphatic heterocycles. The van der Waals surface area contributed by atoms with Gasteiger partial charge in [0.25, 0.3) is 5.91 Å². The van der Waals surface area contributed by atoms with Gasteiger partial charge in [-0.05, 0) is 36.1 Å². The maximum Gasteiger partial charge on any atom is 0.311 e. The molecule has 1 saturated carbocycles. The molecule has 2 aromatic carbocycles. The Hall–Kier alpha value is -2.36. The number of hydrogen-bond donors (Lipinski definition) is 1. The molecule has 4 nitrogen and oxygen atoms in total. The lowest BCUT2D eigenvalue weighted by Gasteiger charge is -2.17. The molecule has 126 valence electrons. The van der Waals surface area contributed by atoms with Crippen LogP contribution >= 0.6 is 0 Å². The number of amides is 1. The van der Waals surface area contributed by atoms with Crippen molar-refractivity contribution in [2.75, 3.05) is 0 Å². The van der Waals surface area contributed by atoms with E-state index in [9.17, 15) is 9.59 Å². The van der Waals surface area contributed by atoms with Crippen molar-refractivity contribution in [3.63, 3.8) is 0 Å². The van der Waals surface area contributed by atoms with Crippen molar-refractivity contribution in [1.29, 1.82) is 0 Å². The summed E-state index contributed by atoms with van der Waals surface area (Å²) in [7, 11) is 0. The zero-order valence-corrected chi connectivity index (χ0v) is 14.0. The van der Waals surface area contributed by atoms with Crippen LogP contribution in [0.1, 0.15) is 38.2 Å². The van der Waals surface area contributed by atoms with Crippen molar-refractivity contribution in [1.82, 2.24) is 5.32 Å². The molecule has 1 aliphatic carbocycles. The van der Waals surface area contributed by atoms with Crippen LogP contribution < -0.4 is 5.32 Å². The van der Waals surface area contributed by atoms with E-state index in [4.69, 9.17) is 4.74 Å². The second-order valence-electron chi connectivity index (χ2n) is 6.44. The average Bonchev–Trinajstić information content (AvgIpc) is 3.08. The molecule has 0 aromatic heterocycles. The highest BCUT2D eigenvalue weighted by molar-refractivity contribution is 5.90. The smallest absolute Gasteiger partial charge is 0.311 e. The molecule has 0 unspecified atom stereocenters. The van der Waals surface area contributed by atoms with Gasteiger partial charge in [-0.1, -0.05) is 55.3 Å². The third kappa shape index (κ3) is 3.94. The van der Waals surface area contributed by atoms with Gasteiger partial charge in [-0.25, -0.2) is 0 Å². The first-order chi connectivity index (χ1) is 11.6. The molecule has 24 heavy (non-hydrogen) atoms. The number of rotatable bonds is 5. The summed E-state index contributed by atoms with van der Waals surface area (Å²) in [4.78, 5) is 24.3. The summed E-state index contributed by atoms with van der Waals surface area (Å²) in [5.41, 5.74) is 0.918. The number of carbonyl (C=O) groups excluding carboxylic acids is 2. The molecule has 0 heterocycles. The van der Waals surface area contributed by atoms with Gasteiger partial charge in [0.1, 0.15) is 0 Å². The topological polar surface area (TPSA) is 55.4 Å². The SMILES string of the molecule is C[C@@H](OC(=O)Cc1cccc2ccccc12)C(=O)NC1CCCC1. The first-order valence-electron chi connectivity index (χ1n) is 8.60. The van der Waals surface area contributed by atoms with Crippen molar-refractivity contribution >= 4 is 22.6 Å². The van der Waals surface area contributed by atoms with Crippen LogP contribution in [-0.2, 0) is 20.7 Å². The number of ether oxygens (including phenoxy) is 1. The maximum absolute atomic E-state index is 12.2. The first kappa shape index (κ1) is 16.5. The number of hydrogen-bond acceptors (Lipinski definition) is 3. The standard InChI is InChI=1S/C20H23NO3/c1-14(20(23)21-17-10-3-4-11-17)24-19(22)13-16-9-6-8-15-7-2-5-12-18(15)16/h2,5-9,12,14,17H,3-4,10-11,13H2,1H3,(H,21,23)/t14-/m1/s1.